The van der Waals surface area contributed by atoms with Gasteiger partial charge in [-0.25, -0.2) is 13.6 Å². The number of carbonyl (C=O) groups excluding carboxylic acids is 1. The molecule has 0 aliphatic carbocycles. The second-order valence-corrected chi connectivity index (χ2v) is 12.4. The first-order valence-corrected chi connectivity index (χ1v) is 15.4. The Morgan fingerprint density at radius 1 is 1.20 bits per heavy atom. The number of nitrogens with zero attached hydrogens (tertiary/aromatic N) is 7. The third-order valence-electron chi connectivity index (χ3n) is 8.62. The summed E-state index contributed by atoms with van der Waals surface area (Å²) >= 11 is 6.84. The highest BCUT2D eigenvalue weighted by Gasteiger charge is 2.36. The van der Waals surface area contributed by atoms with Crippen molar-refractivity contribution < 1.29 is 18.3 Å². The van der Waals surface area contributed by atoms with Crippen LogP contribution >= 0.6 is 11.6 Å². The molecule has 45 heavy (non-hydrogen) atoms. The summed E-state index contributed by atoms with van der Waals surface area (Å²) in [6.45, 7) is 4.14. The van der Waals surface area contributed by atoms with Gasteiger partial charge in [0.05, 0.1) is 35.1 Å². The number of rotatable bonds is 8. The Bertz CT molecular complexity index is 1770. The van der Waals surface area contributed by atoms with E-state index in [4.69, 9.17) is 16.3 Å². The van der Waals surface area contributed by atoms with Gasteiger partial charge in [-0.15, -0.1) is 0 Å². The first-order chi connectivity index (χ1) is 21.7. The Labute approximate surface area is 264 Å². The van der Waals surface area contributed by atoms with Gasteiger partial charge in [-0.3, -0.25) is 9.36 Å². The van der Waals surface area contributed by atoms with Crippen LogP contribution in [0.4, 0.5) is 14.6 Å². The summed E-state index contributed by atoms with van der Waals surface area (Å²) in [5.74, 6) is -1.12. The fourth-order valence-electron chi connectivity index (χ4n) is 6.32. The van der Waals surface area contributed by atoms with Gasteiger partial charge < -0.3 is 24.3 Å². The van der Waals surface area contributed by atoms with E-state index in [0.717, 1.165) is 31.6 Å². The van der Waals surface area contributed by atoms with E-state index in [1.807, 2.05) is 23.9 Å². The highest BCUT2D eigenvalue weighted by Crippen LogP contribution is 2.47. The molecule has 2 saturated heterocycles. The Morgan fingerprint density at radius 3 is 2.69 bits per heavy atom. The topological polar surface area (TPSA) is 97.9 Å². The molecule has 1 amide bonds. The Kier molecular flexibility index (Phi) is 8.77. The van der Waals surface area contributed by atoms with E-state index >= 15 is 4.39 Å². The van der Waals surface area contributed by atoms with Crippen LogP contribution in [0.25, 0.3) is 22.0 Å². The van der Waals surface area contributed by atoms with Gasteiger partial charge in [0, 0.05) is 61.4 Å². The number of piperazine rings is 1. The SMILES string of the molecule is CN(C)C/C=C/C(=O)N1CCN(c2nc(=O)n3c4c(c(-c5ccc(F)cc5F)c(Cl)cc24)OCC3CN2CCC2)C[C@@H]1CC#N. The zero-order chi connectivity index (χ0) is 31.8. The van der Waals surface area contributed by atoms with Crippen LogP contribution < -0.4 is 15.3 Å². The maximum absolute atomic E-state index is 15.1. The number of benzene rings is 2. The molecule has 10 nitrogen and oxygen atoms in total. The molecular formula is C32H34ClF2N7O3. The lowest BCUT2D eigenvalue weighted by atomic mass is 9.99. The third-order valence-corrected chi connectivity index (χ3v) is 8.92. The normalized spacial score (nSPS) is 20.0. The molecule has 6 rings (SSSR count). The molecule has 3 aromatic rings. The van der Waals surface area contributed by atoms with Crippen LogP contribution in [0.5, 0.6) is 5.75 Å². The number of aromatic nitrogens is 2. The highest BCUT2D eigenvalue weighted by molar-refractivity contribution is 6.35. The second-order valence-electron chi connectivity index (χ2n) is 11.9. The summed E-state index contributed by atoms with van der Waals surface area (Å²) in [6, 6.07) is 6.30. The summed E-state index contributed by atoms with van der Waals surface area (Å²) in [5, 5.41) is 10.3. The van der Waals surface area contributed by atoms with Gasteiger partial charge in [0.15, 0.2) is 5.75 Å². The molecule has 0 N–H and O–H groups in total. The molecule has 13 heteroatoms. The van der Waals surface area contributed by atoms with E-state index in [1.54, 1.807) is 21.6 Å². The van der Waals surface area contributed by atoms with E-state index < -0.39 is 23.4 Å². The zero-order valence-electron chi connectivity index (χ0n) is 25.2. The zero-order valence-corrected chi connectivity index (χ0v) is 25.9. The van der Waals surface area contributed by atoms with E-state index in [-0.39, 0.29) is 53.4 Å². The number of halogens is 3. The van der Waals surface area contributed by atoms with Crippen molar-refractivity contribution in [3.05, 3.63) is 63.6 Å². The molecule has 1 aromatic heterocycles. The molecule has 0 saturated carbocycles. The van der Waals surface area contributed by atoms with Crippen molar-refractivity contribution in [2.24, 2.45) is 0 Å². The molecule has 3 aliphatic rings. The van der Waals surface area contributed by atoms with Crippen molar-refractivity contribution in [3.63, 3.8) is 0 Å². The number of carbonyl (C=O) groups is 1. The van der Waals surface area contributed by atoms with Crippen LogP contribution in [0.15, 0.2) is 41.2 Å². The summed E-state index contributed by atoms with van der Waals surface area (Å²) in [7, 11) is 3.82. The van der Waals surface area contributed by atoms with Crippen molar-refractivity contribution in [3.8, 4) is 22.9 Å². The van der Waals surface area contributed by atoms with Crippen molar-refractivity contribution >= 4 is 34.2 Å². The molecule has 3 aliphatic heterocycles. The molecular weight excluding hydrogens is 604 g/mol. The first kappa shape index (κ1) is 31.0. The molecule has 0 bridgehead atoms. The van der Waals surface area contributed by atoms with Gasteiger partial charge in [-0.05, 0) is 51.8 Å². The molecule has 2 fully saturated rings. The van der Waals surface area contributed by atoms with Crippen LogP contribution in [0.2, 0.25) is 5.02 Å². The molecule has 236 valence electrons. The lowest BCUT2D eigenvalue weighted by Gasteiger charge is -2.41. The smallest absolute Gasteiger partial charge is 0.350 e. The summed E-state index contributed by atoms with van der Waals surface area (Å²) in [5.41, 5.74) is 0.242. The van der Waals surface area contributed by atoms with Gasteiger partial charge in [-0.2, -0.15) is 10.2 Å². The number of ether oxygens (including phenoxy) is 1. The van der Waals surface area contributed by atoms with Crippen LogP contribution in [0.1, 0.15) is 18.9 Å². The molecule has 0 radical (unpaired) electrons. The first-order valence-electron chi connectivity index (χ1n) is 15.0. The number of likely N-dealkylation sites (N-methyl/N-ethyl adjacent to an activating group) is 1. The average Bonchev–Trinajstić information content (AvgIpc) is 2.97. The minimum Gasteiger partial charge on any atom is -0.488 e. The van der Waals surface area contributed by atoms with Crippen molar-refractivity contribution in [2.75, 3.05) is 71.4 Å². The summed E-state index contributed by atoms with van der Waals surface area (Å²) in [4.78, 5) is 39.2. The number of anilines is 1. The van der Waals surface area contributed by atoms with E-state index in [9.17, 15) is 19.2 Å². The number of hydrogen-bond acceptors (Lipinski definition) is 8. The minimum atomic E-state index is -0.804. The molecule has 0 spiro atoms. The summed E-state index contributed by atoms with van der Waals surface area (Å²) < 4.78 is 36.9. The Hall–Kier alpha value is -4.05. The number of hydrogen-bond donors (Lipinski definition) is 0. The van der Waals surface area contributed by atoms with E-state index in [0.29, 0.717) is 42.9 Å². The monoisotopic (exact) mass is 637 g/mol. The molecule has 2 atom stereocenters. The molecule has 2 aromatic carbocycles. The van der Waals surface area contributed by atoms with Crippen LogP contribution in [-0.2, 0) is 4.79 Å². The maximum atomic E-state index is 15.1. The van der Waals surface area contributed by atoms with Crippen LogP contribution in [-0.4, -0.2) is 103 Å². The van der Waals surface area contributed by atoms with Crippen molar-refractivity contribution in [1.82, 2.24) is 24.3 Å². The van der Waals surface area contributed by atoms with E-state index in [1.165, 1.54) is 12.1 Å². The van der Waals surface area contributed by atoms with Gasteiger partial charge in [0.2, 0.25) is 5.91 Å². The Morgan fingerprint density at radius 2 is 2.00 bits per heavy atom. The van der Waals surface area contributed by atoms with Gasteiger partial charge in [0.25, 0.3) is 0 Å². The highest BCUT2D eigenvalue weighted by atomic mass is 35.5. The third kappa shape index (κ3) is 6.00. The molecule has 4 heterocycles. The summed E-state index contributed by atoms with van der Waals surface area (Å²) in [6.07, 6.45) is 4.49. The van der Waals surface area contributed by atoms with Gasteiger partial charge in [-0.1, -0.05) is 17.7 Å². The van der Waals surface area contributed by atoms with Crippen molar-refractivity contribution in [2.45, 2.75) is 24.9 Å². The fourth-order valence-corrected chi connectivity index (χ4v) is 6.62. The van der Waals surface area contributed by atoms with Gasteiger partial charge >= 0.3 is 5.69 Å². The fraction of sp³-hybridized carbons (Fsp3) is 0.438. The lowest BCUT2D eigenvalue weighted by molar-refractivity contribution is -0.128. The van der Waals surface area contributed by atoms with E-state index in [2.05, 4.69) is 16.0 Å². The number of nitriles is 1. The quantitative estimate of drug-likeness (QED) is 0.345. The standard InChI is InChI=1S/C32H34ClF2N7O3/c1-38(2)10-3-5-27(43)41-14-13-40(18-21(41)8-9-36)31-24-16-25(33)28(23-7-6-20(34)15-26(23)35)30-29(24)42(32(44)37-31)22(19-45-30)17-39-11-4-12-39/h3,5-7,15-16,21-22H,4,8,10-14,17-19H2,1-2H3/b5-3+/t21-,22?/m0/s1. The predicted molar refractivity (Wildman–Crippen MR) is 168 cm³/mol. The average molecular weight is 638 g/mol. The largest absolute Gasteiger partial charge is 0.488 e. The van der Waals surface area contributed by atoms with Gasteiger partial charge in [0.1, 0.15) is 24.1 Å². The minimum absolute atomic E-state index is 0.0559. The number of amides is 1. The molecule has 1 unspecified atom stereocenters. The van der Waals surface area contributed by atoms with Crippen molar-refractivity contribution in [1.29, 1.82) is 5.26 Å². The lowest BCUT2D eigenvalue weighted by Crippen LogP contribution is -2.55. The van der Waals surface area contributed by atoms with Crippen LogP contribution in [0.3, 0.4) is 0 Å². The predicted octanol–water partition coefficient (Wildman–Crippen LogP) is 3.68. The maximum Gasteiger partial charge on any atom is 0.350 e. The van der Waals surface area contributed by atoms with Crippen LogP contribution in [0, 0.1) is 23.0 Å². The Balaban J connectivity index is 1.45. The number of likely N-dealkylation sites (tertiary alicyclic amines) is 1. The second kappa shape index (κ2) is 12.7.